The van der Waals surface area contributed by atoms with Gasteiger partial charge in [-0.1, -0.05) is 31.4 Å². The van der Waals surface area contributed by atoms with Gasteiger partial charge < -0.3 is 10.2 Å². The molecule has 0 spiro atoms. The number of dihydropyridines is 1. The topological polar surface area (TPSA) is 39.7 Å². The van der Waals surface area contributed by atoms with Crippen LogP contribution in [0.25, 0.3) is 0 Å². The van der Waals surface area contributed by atoms with Gasteiger partial charge in [-0.15, -0.1) is 0 Å². The van der Waals surface area contributed by atoms with Crippen LogP contribution in [0.15, 0.2) is 29.0 Å². The lowest BCUT2D eigenvalue weighted by atomic mass is 9.84. The molecule has 0 aromatic rings. The van der Waals surface area contributed by atoms with E-state index in [-0.39, 0.29) is 0 Å². The van der Waals surface area contributed by atoms with Crippen LogP contribution >= 0.6 is 12.2 Å². The zero-order chi connectivity index (χ0) is 15.2. The van der Waals surface area contributed by atoms with Crippen molar-refractivity contribution < 1.29 is 0 Å². The molecule has 0 bridgehead atoms. The van der Waals surface area contributed by atoms with Crippen molar-refractivity contribution >= 4 is 23.0 Å². The summed E-state index contributed by atoms with van der Waals surface area (Å²) in [5.74, 6) is 0.549. The average Bonchev–Trinajstić information content (AvgIpc) is 3.11. The SMILES string of the molecule is S=C(N/N=C(\C1=CC=CCN1)C1CCCCC1)N1CCCC1. The number of likely N-dealkylation sites (tertiary alicyclic amines) is 1. The minimum absolute atomic E-state index is 0.549. The van der Waals surface area contributed by atoms with Crippen LogP contribution in [0.1, 0.15) is 44.9 Å². The Balaban J connectivity index is 1.71. The number of rotatable bonds is 3. The first-order valence-corrected chi connectivity index (χ1v) is 8.99. The van der Waals surface area contributed by atoms with Crippen molar-refractivity contribution in [2.75, 3.05) is 19.6 Å². The van der Waals surface area contributed by atoms with Crippen molar-refractivity contribution in [2.24, 2.45) is 11.0 Å². The molecule has 2 fully saturated rings. The van der Waals surface area contributed by atoms with Crippen LogP contribution in [-0.2, 0) is 0 Å². The summed E-state index contributed by atoms with van der Waals surface area (Å²) in [7, 11) is 0. The Morgan fingerprint density at radius 1 is 1.18 bits per heavy atom. The normalized spacial score (nSPS) is 23.2. The molecule has 5 heteroatoms. The van der Waals surface area contributed by atoms with E-state index in [1.54, 1.807) is 0 Å². The Labute approximate surface area is 138 Å². The predicted molar refractivity (Wildman–Crippen MR) is 95.8 cm³/mol. The maximum Gasteiger partial charge on any atom is 0.189 e. The number of hydrogen-bond acceptors (Lipinski definition) is 3. The summed E-state index contributed by atoms with van der Waals surface area (Å²) in [5, 5.41) is 8.97. The minimum Gasteiger partial charge on any atom is -0.380 e. The van der Waals surface area contributed by atoms with Crippen LogP contribution < -0.4 is 10.7 Å². The highest BCUT2D eigenvalue weighted by Crippen LogP contribution is 2.27. The monoisotopic (exact) mass is 318 g/mol. The number of nitrogens with one attached hydrogen (secondary N) is 2. The molecule has 120 valence electrons. The molecule has 0 unspecified atom stereocenters. The molecule has 2 heterocycles. The van der Waals surface area contributed by atoms with Gasteiger partial charge in [0.15, 0.2) is 5.11 Å². The van der Waals surface area contributed by atoms with Crippen LogP contribution in [0, 0.1) is 5.92 Å². The number of allylic oxidation sites excluding steroid dienone is 3. The summed E-state index contributed by atoms with van der Waals surface area (Å²) in [6, 6.07) is 0. The lowest BCUT2D eigenvalue weighted by molar-refractivity contribution is 0.436. The van der Waals surface area contributed by atoms with Gasteiger partial charge in [-0.3, -0.25) is 5.43 Å². The summed E-state index contributed by atoms with van der Waals surface area (Å²) in [6.07, 6.45) is 15.3. The summed E-state index contributed by atoms with van der Waals surface area (Å²) in [6.45, 7) is 3.00. The Morgan fingerprint density at radius 3 is 2.64 bits per heavy atom. The van der Waals surface area contributed by atoms with Crippen LogP contribution in [0.3, 0.4) is 0 Å². The van der Waals surface area contributed by atoms with Gasteiger partial charge in [0.1, 0.15) is 0 Å². The second-order valence-corrected chi connectivity index (χ2v) is 6.72. The van der Waals surface area contributed by atoms with E-state index >= 15 is 0 Å². The van der Waals surface area contributed by atoms with E-state index in [1.165, 1.54) is 44.9 Å². The summed E-state index contributed by atoms with van der Waals surface area (Å²) < 4.78 is 0. The summed E-state index contributed by atoms with van der Waals surface area (Å²) in [5.41, 5.74) is 5.48. The fourth-order valence-electron chi connectivity index (χ4n) is 3.48. The zero-order valence-electron chi connectivity index (χ0n) is 13.2. The molecule has 0 atom stereocenters. The third kappa shape index (κ3) is 3.88. The van der Waals surface area contributed by atoms with Crippen molar-refractivity contribution in [2.45, 2.75) is 44.9 Å². The largest absolute Gasteiger partial charge is 0.380 e. The first-order chi connectivity index (χ1) is 10.8. The lowest BCUT2D eigenvalue weighted by Crippen LogP contribution is -2.37. The van der Waals surface area contributed by atoms with Gasteiger partial charge in [0.2, 0.25) is 0 Å². The van der Waals surface area contributed by atoms with Gasteiger partial charge >= 0.3 is 0 Å². The first kappa shape index (κ1) is 15.5. The minimum atomic E-state index is 0.549. The van der Waals surface area contributed by atoms with E-state index in [0.717, 1.165) is 36.2 Å². The molecule has 1 saturated carbocycles. The number of thiocarbonyl (C=S) groups is 1. The summed E-state index contributed by atoms with van der Waals surface area (Å²) >= 11 is 5.49. The molecule has 2 N–H and O–H groups in total. The highest BCUT2D eigenvalue weighted by Gasteiger charge is 2.23. The van der Waals surface area contributed by atoms with Gasteiger partial charge in [0, 0.05) is 25.6 Å². The maximum atomic E-state index is 5.49. The van der Waals surface area contributed by atoms with Crippen LogP contribution in [0.2, 0.25) is 0 Å². The van der Waals surface area contributed by atoms with Gasteiger partial charge in [0.05, 0.1) is 11.4 Å². The van der Waals surface area contributed by atoms with Crippen LogP contribution in [-0.4, -0.2) is 35.4 Å². The molecule has 0 aromatic heterocycles. The highest BCUT2D eigenvalue weighted by atomic mass is 32.1. The molecule has 4 nitrogen and oxygen atoms in total. The van der Waals surface area contributed by atoms with Gasteiger partial charge in [-0.05, 0) is 44.0 Å². The number of hydrazone groups is 1. The Morgan fingerprint density at radius 2 is 1.95 bits per heavy atom. The quantitative estimate of drug-likeness (QED) is 0.477. The van der Waals surface area contributed by atoms with Gasteiger partial charge in [-0.25, -0.2) is 0 Å². The fraction of sp³-hybridized carbons (Fsp3) is 0.647. The zero-order valence-corrected chi connectivity index (χ0v) is 14.0. The van der Waals surface area contributed by atoms with Crippen molar-refractivity contribution in [3.63, 3.8) is 0 Å². The molecular weight excluding hydrogens is 292 g/mol. The average molecular weight is 318 g/mol. The molecule has 0 aromatic carbocycles. The van der Waals surface area contributed by atoms with E-state index in [0.29, 0.717) is 5.92 Å². The standard InChI is InChI=1S/C17H26N4S/c22-17(21-12-6-7-13-21)20-19-16(14-8-2-1-3-9-14)15-10-4-5-11-18-15/h4-5,10,14,18H,1-3,6-9,11-13H2,(H,20,22)/b19-16-. The van der Waals surface area contributed by atoms with Crippen LogP contribution in [0.5, 0.6) is 0 Å². The third-order valence-electron chi connectivity index (χ3n) is 4.74. The molecule has 3 aliphatic rings. The highest BCUT2D eigenvalue weighted by molar-refractivity contribution is 7.80. The Hall–Kier alpha value is -1.36. The predicted octanol–water partition coefficient (Wildman–Crippen LogP) is 2.94. The van der Waals surface area contributed by atoms with Crippen molar-refractivity contribution in [1.82, 2.24) is 15.6 Å². The third-order valence-corrected chi connectivity index (χ3v) is 5.09. The van der Waals surface area contributed by atoms with Crippen molar-refractivity contribution in [3.05, 3.63) is 23.9 Å². The van der Waals surface area contributed by atoms with Crippen LogP contribution in [0.4, 0.5) is 0 Å². The number of hydrogen-bond donors (Lipinski definition) is 2. The molecule has 22 heavy (non-hydrogen) atoms. The van der Waals surface area contributed by atoms with Crippen molar-refractivity contribution in [1.29, 1.82) is 0 Å². The van der Waals surface area contributed by atoms with E-state index in [2.05, 4.69) is 33.9 Å². The van der Waals surface area contributed by atoms with Gasteiger partial charge in [-0.2, -0.15) is 5.10 Å². The molecule has 0 radical (unpaired) electrons. The molecule has 3 rings (SSSR count). The molecule has 0 amide bonds. The lowest BCUT2D eigenvalue weighted by Gasteiger charge is -2.26. The molecule has 1 saturated heterocycles. The fourth-order valence-corrected chi connectivity index (χ4v) is 3.71. The maximum absolute atomic E-state index is 5.49. The van der Waals surface area contributed by atoms with Crippen molar-refractivity contribution in [3.8, 4) is 0 Å². The number of nitrogens with zero attached hydrogens (tertiary/aromatic N) is 2. The van der Waals surface area contributed by atoms with E-state index in [1.807, 2.05) is 0 Å². The summed E-state index contributed by atoms with van der Waals surface area (Å²) in [4.78, 5) is 2.22. The van der Waals surface area contributed by atoms with E-state index < -0.39 is 0 Å². The molecule has 1 aliphatic carbocycles. The smallest absolute Gasteiger partial charge is 0.189 e. The molecule has 2 aliphatic heterocycles. The van der Waals surface area contributed by atoms with Gasteiger partial charge in [0.25, 0.3) is 0 Å². The Bertz CT molecular complexity index is 483. The first-order valence-electron chi connectivity index (χ1n) is 8.58. The van der Waals surface area contributed by atoms with E-state index in [4.69, 9.17) is 17.3 Å². The Kier molecular flexibility index (Phi) is 5.48. The second-order valence-electron chi connectivity index (χ2n) is 6.33. The second kappa shape index (κ2) is 7.77. The molecular formula is C17H26N4S. The van der Waals surface area contributed by atoms with E-state index in [9.17, 15) is 0 Å².